The summed E-state index contributed by atoms with van der Waals surface area (Å²) >= 11 is 0. The van der Waals surface area contributed by atoms with Crippen LogP contribution in [0.3, 0.4) is 0 Å². The Kier molecular flexibility index (Phi) is 3.68. The van der Waals surface area contributed by atoms with Crippen molar-refractivity contribution in [2.45, 2.75) is 44.7 Å². The van der Waals surface area contributed by atoms with Gasteiger partial charge >= 0.3 is 5.97 Å². The minimum Gasteiger partial charge on any atom is -0.481 e. The number of carbonyl (C=O) groups excluding carboxylic acids is 1. The van der Waals surface area contributed by atoms with Crippen LogP contribution < -0.4 is 10.6 Å². The van der Waals surface area contributed by atoms with E-state index in [1.807, 2.05) is 0 Å². The first-order valence-corrected chi connectivity index (χ1v) is 5.18. The Morgan fingerprint density at radius 1 is 1.53 bits per heavy atom. The fourth-order valence-corrected chi connectivity index (χ4v) is 1.75. The molecule has 0 aliphatic carbocycles. The van der Waals surface area contributed by atoms with Crippen LogP contribution in [0.2, 0.25) is 0 Å². The molecule has 0 aromatic carbocycles. The molecule has 0 aromatic rings. The molecule has 1 fully saturated rings. The molecule has 1 amide bonds. The van der Waals surface area contributed by atoms with Gasteiger partial charge in [0.25, 0.3) is 0 Å². The Labute approximate surface area is 89.2 Å². The van der Waals surface area contributed by atoms with Crippen molar-refractivity contribution in [3.63, 3.8) is 0 Å². The third kappa shape index (κ3) is 3.87. The number of amides is 1. The van der Waals surface area contributed by atoms with Gasteiger partial charge in [-0.3, -0.25) is 9.59 Å². The molecular weight excluding hydrogens is 196 g/mol. The molecule has 0 bridgehead atoms. The Morgan fingerprint density at radius 3 is 2.67 bits per heavy atom. The molecule has 1 aliphatic rings. The molecule has 1 unspecified atom stereocenters. The van der Waals surface area contributed by atoms with E-state index >= 15 is 0 Å². The summed E-state index contributed by atoms with van der Waals surface area (Å²) in [6, 6.07) is -0.155. The SMILES string of the molecule is CC(C)(CC(=O)O)NC(=O)C1CCCN1. The third-order valence-corrected chi connectivity index (χ3v) is 2.43. The van der Waals surface area contributed by atoms with E-state index in [9.17, 15) is 9.59 Å². The van der Waals surface area contributed by atoms with Gasteiger partial charge in [0.2, 0.25) is 5.91 Å². The largest absolute Gasteiger partial charge is 0.481 e. The topological polar surface area (TPSA) is 78.4 Å². The van der Waals surface area contributed by atoms with Gasteiger partial charge in [0, 0.05) is 5.54 Å². The van der Waals surface area contributed by atoms with Crippen LogP contribution in [-0.2, 0) is 9.59 Å². The Morgan fingerprint density at radius 2 is 2.20 bits per heavy atom. The van der Waals surface area contributed by atoms with Crippen molar-refractivity contribution in [1.29, 1.82) is 0 Å². The van der Waals surface area contributed by atoms with E-state index in [4.69, 9.17) is 5.11 Å². The summed E-state index contributed by atoms with van der Waals surface area (Å²) < 4.78 is 0. The molecule has 1 atom stereocenters. The molecule has 1 rings (SSSR count). The second-order valence-corrected chi connectivity index (χ2v) is 4.59. The highest BCUT2D eigenvalue weighted by atomic mass is 16.4. The highest BCUT2D eigenvalue weighted by Gasteiger charge is 2.29. The second-order valence-electron chi connectivity index (χ2n) is 4.59. The van der Waals surface area contributed by atoms with Crippen molar-refractivity contribution < 1.29 is 14.7 Å². The van der Waals surface area contributed by atoms with Crippen LogP contribution in [0.4, 0.5) is 0 Å². The molecule has 86 valence electrons. The lowest BCUT2D eigenvalue weighted by molar-refractivity contribution is -0.138. The predicted molar refractivity (Wildman–Crippen MR) is 55.5 cm³/mol. The molecule has 1 aliphatic heterocycles. The first-order valence-electron chi connectivity index (χ1n) is 5.18. The average molecular weight is 214 g/mol. The molecular formula is C10H18N2O3. The zero-order chi connectivity index (χ0) is 11.5. The van der Waals surface area contributed by atoms with Crippen molar-refractivity contribution in [3.05, 3.63) is 0 Å². The number of nitrogens with one attached hydrogen (secondary N) is 2. The number of rotatable bonds is 4. The van der Waals surface area contributed by atoms with Crippen molar-refractivity contribution in [3.8, 4) is 0 Å². The van der Waals surface area contributed by atoms with E-state index in [1.165, 1.54) is 0 Å². The normalized spacial score (nSPS) is 21.3. The minimum absolute atomic E-state index is 0.0640. The smallest absolute Gasteiger partial charge is 0.305 e. The lowest BCUT2D eigenvalue weighted by atomic mass is 10.00. The molecule has 1 heterocycles. The summed E-state index contributed by atoms with van der Waals surface area (Å²) in [7, 11) is 0. The standard InChI is InChI=1S/C10H18N2O3/c1-10(2,6-8(13)14)12-9(15)7-4-3-5-11-7/h7,11H,3-6H2,1-2H3,(H,12,15)(H,13,14). The van der Waals surface area contributed by atoms with E-state index in [2.05, 4.69) is 10.6 Å². The zero-order valence-corrected chi connectivity index (χ0v) is 9.17. The van der Waals surface area contributed by atoms with E-state index in [0.717, 1.165) is 19.4 Å². The molecule has 15 heavy (non-hydrogen) atoms. The van der Waals surface area contributed by atoms with Gasteiger partial charge in [0.1, 0.15) is 0 Å². The molecule has 3 N–H and O–H groups in total. The van der Waals surface area contributed by atoms with Crippen LogP contribution in [0.5, 0.6) is 0 Å². The van der Waals surface area contributed by atoms with Crippen LogP contribution in [0.1, 0.15) is 33.1 Å². The Hall–Kier alpha value is -1.10. The summed E-state index contributed by atoms with van der Waals surface area (Å²) in [5, 5.41) is 14.5. The van der Waals surface area contributed by atoms with E-state index in [0.29, 0.717) is 0 Å². The summed E-state index contributed by atoms with van der Waals surface area (Å²) in [6.45, 7) is 4.29. The number of carboxylic acid groups (broad SMARTS) is 1. The summed E-state index contributed by atoms with van der Waals surface area (Å²) in [6.07, 6.45) is 1.76. The molecule has 0 saturated carbocycles. The third-order valence-electron chi connectivity index (χ3n) is 2.43. The monoisotopic (exact) mass is 214 g/mol. The maximum atomic E-state index is 11.7. The average Bonchev–Trinajstić information content (AvgIpc) is 2.50. The van der Waals surface area contributed by atoms with E-state index in [1.54, 1.807) is 13.8 Å². The Bertz CT molecular complexity index is 257. The van der Waals surface area contributed by atoms with Crippen molar-refractivity contribution in [1.82, 2.24) is 10.6 Å². The predicted octanol–water partition coefficient (Wildman–Crippen LogP) is 0.108. The van der Waals surface area contributed by atoms with E-state index in [-0.39, 0.29) is 18.4 Å². The van der Waals surface area contributed by atoms with Crippen molar-refractivity contribution >= 4 is 11.9 Å². The molecule has 0 radical (unpaired) electrons. The lowest BCUT2D eigenvalue weighted by Gasteiger charge is -2.26. The fraction of sp³-hybridized carbons (Fsp3) is 0.800. The minimum atomic E-state index is -0.903. The molecule has 1 saturated heterocycles. The van der Waals surface area contributed by atoms with Gasteiger partial charge < -0.3 is 15.7 Å². The number of hydrogen-bond donors (Lipinski definition) is 3. The maximum Gasteiger partial charge on any atom is 0.305 e. The van der Waals surface area contributed by atoms with Gasteiger partial charge in [-0.05, 0) is 33.2 Å². The fourth-order valence-electron chi connectivity index (χ4n) is 1.75. The highest BCUT2D eigenvalue weighted by Crippen LogP contribution is 2.11. The van der Waals surface area contributed by atoms with E-state index < -0.39 is 11.5 Å². The summed E-state index contributed by atoms with van der Waals surface area (Å²) in [5.74, 6) is -1.00. The van der Waals surface area contributed by atoms with Crippen molar-refractivity contribution in [2.24, 2.45) is 0 Å². The molecule has 0 aromatic heterocycles. The quantitative estimate of drug-likeness (QED) is 0.620. The maximum absolute atomic E-state index is 11.7. The van der Waals surface area contributed by atoms with Gasteiger partial charge in [-0.15, -0.1) is 0 Å². The summed E-state index contributed by atoms with van der Waals surface area (Å²) in [4.78, 5) is 22.2. The zero-order valence-electron chi connectivity index (χ0n) is 9.17. The molecule has 5 nitrogen and oxygen atoms in total. The van der Waals surface area contributed by atoms with Crippen LogP contribution in [0.15, 0.2) is 0 Å². The second kappa shape index (κ2) is 4.61. The van der Waals surface area contributed by atoms with Gasteiger partial charge in [0.05, 0.1) is 12.5 Å². The van der Waals surface area contributed by atoms with Crippen LogP contribution in [0, 0.1) is 0 Å². The van der Waals surface area contributed by atoms with Gasteiger partial charge in [0.15, 0.2) is 0 Å². The number of carboxylic acids is 1. The van der Waals surface area contributed by atoms with Crippen LogP contribution >= 0.6 is 0 Å². The lowest BCUT2D eigenvalue weighted by Crippen LogP contribution is -2.51. The highest BCUT2D eigenvalue weighted by molar-refractivity contribution is 5.83. The molecule has 5 heteroatoms. The van der Waals surface area contributed by atoms with Gasteiger partial charge in [-0.1, -0.05) is 0 Å². The van der Waals surface area contributed by atoms with Gasteiger partial charge in [-0.25, -0.2) is 0 Å². The van der Waals surface area contributed by atoms with Crippen LogP contribution in [-0.4, -0.2) is 35.1 Å². The van der Waals surface area contributed by atoms with Gasteiger partial charge in [-0.2, -0.15) is 0 Å². The number of aliphatic carboxylic acids is 1. The van der Waals surface area contributed by atoms with Crippen LogP contribution in [0.25, 0.3) is 0 Å². The first-order chi connectivity index (χ1) is 6.91. The van der Waals surface area contributed by atoms with Crippen molar-refractivity contribution in [2.75, 3.05) is 6.54 Å². The molecule has 0 spiro atoms. The summed E-state index contributed by atoms with van der Waals surface area (Å²) in [5.41, 5.74) is -0.687. The number of hydrogen-bond acceptors (Lipinski definition) is 3. The number of carbonyl (C=O) groups is 2. The Balaban J connectivity index is 2.44. The first kappa shape index (κ1) is 12.0.